The number of urea groups is 1. The highest BCUT2D eigenvalue weighted by Gasteiger charge is 2.35. The van der Waals surface area contributed by atoms with E-state index in [1.165, 1.54) is 0 Å². The minimum atomic E-state index is -0.159. The molecule has 6 heteroatoms. The minimum Gasteiger partial charge on any atom is -0.497 e. The van der Waals surface area contributed by atoms with Crippen LogP contribution in [0.25, 0.3) is 0 Å². The second-order valence-corrected chi connectivity index (χ2v) is 7.04. The monoisotopic (exact) mass is 349 g/mol. The molecular weight excluding hydrogens is 318 g/mol. The van der Waals surface area contributed by atoms with Gasteiger partial charge in [0.1, 0.15) is 5.75 Å². The van der Waals surface area contributed by atoms with Crippen LogP contribution in [0.15, 0.2) is 24.3 Å². The number of carbonyl (C=O) groups is 1. The normalized spacial score (nSPS) is 18.0. The molecule has 6 nitrogen and oxygen atoms in total. The third-order valence-corrected chi connectivity index (χ3v) is 4.55. The SMILES string of the molecule is CCO[C@H](C)CNC(=O)N1CCN(c2cccc(OC)c2)C(C)(C)C1. The number of rotatable bonds is 6. The van der Waals surface area contributed by atoms with Gasteiger partial charge in [-0.2, -0.15) is 0 Å². The van der Waals surface area contributed by atoms with Crippen LogP contribution in [0.4, 0.5) is 10.5 Å². The fraction of sp³-hybridized carbons (Fsp3) is 0.632. The molecule has 0 aromatic heterocycles. The predicted octanol–water partition coefficient (Wildman–Crippen LogP) is 2.73. The Balaban J connectivity index is 1.98. The number of anilines is 1. The van der Waals surface area contributed by atoms with Crippen LogP contribution in [0.3, 0.4) is 0 Å². The Kier molecular flexibility index (Phi) is 6.53. The number of hydrogen-bond donors (Lipinski definition) is 1. The maximum atomic E-state index is 12.5. The van der Waals surface area contributed by atoms with Crippen molar-refractivity contribution in [2.24, 2.45) is 0 Å². The van der Waals surface area contributed by atoms with Crippen LogP contribution in [0, 0.1) is 0 Å². The van der Waals surface area contributed by atoms with Crippen molar-refractivity contribution in [2.45, 2.75) is 39.3 Å². The quantitative estimate of drug-likeness (QED) is 0.858. The van der Waals surface area contributed by atoms with Crippen molar-refractivity contribution in [3.05, 3.63) is 24.3 Å². The number of carbonyl (C=O) groups excluding carboxylic acids is 1. The second kappa shape index (κ2) is 8.43. The maximum absolute atomic E-state index is 12.5. The van der Waals surface area contributed by atoms with Crippen LogP contribution in [0.1, 0.15) is 27.7 Å². The molecule has 0 unspecified atom stereocenters. The Bertz CT molecular complexity index is 577. The number of nitrogens with one attached hydrogen (secondary N) is 1. The molecular formula is C19H31N3O3. The lowest BCUT2D eigenvalue weighted by molar-refractivity contribution is 0.0754. The molecule has 0 aliphatic carbocycles. The summed E-state index contributed by atoms with van der Waals surface area (Å²) in [6.45, 7) is 11.6. The highest BCUT2D eigenvalue weighted by atomic mass is 16.5. The summed E-state index contributed by atoms with van der Waals surface area (Å²) in [5, 5.41) is 2.97. The summed E-state index contributed by atoms with van der Waals surface area (Å²) in [5.74, 6) is 0.846. The molecule has 2 rings (SSSR count). The van der Waals surface area contributed by atoms with Gasteiger partial charge in [-0.3, -0.25) is 0 Å². The first-order valence-corrected chi connectivity index (χ1v) is 8.93. The highest BCUT2D eigenvalue weighted by Crippen LogP contribution is 2.30. The summed E-state index contributed by atoms with van der Waals surface area (Å²) >= 11 is 0. The van der Waals surface area contributed by atoms with Crippen LogP contribution >= 0.6 is 0 Å². The average molecular weight is 349 g/mol. The second-order valence-electron chi connectivity index (χ2n) is 7.04. The molecule has 140 valence electrons. The summed E-state index contributed by atoms with van der Waals surface area (Å²) < 4.78 is 10.8. The number of methoxy groups -OCH3 is 1. The van der Waals surface area contributed by atoms with Crippen LogP contribution < -0.4 is 15.0 Å². The summed E-state index contributed by atoms with van der Waals surface area (Å²) in [6.07, 6.45) is 0.0278. The van der Waals surface area contributed by atoms with E-state index in [0.29, 0.717) is 26.2 Å². The zero-order valence-corrected chi connectivity index (χ0v) is 16.0. The first-order valence-electron chi connectivity index (χ1n) is 8.93. The number of ether oxygens (including phenoxy) is 2. The van der Waals surface area contributed by atoms with E-state index in [4.69, 9.17) is 9.47 Å². The molecule has 1 aliphatic heterocycles. The molecule has 1 aromatic rings. The predicted molar refractivity (Wildman–Crippen MR) is 100 cm³/mol. The molecule has 2 amide bonds. The third-order valence-electron chi connectivity index (χ3n) is 4.55. The number of hydrogen-bond acceptors (Lipinski definition) is 4. The Morgan fingerprint density at radius 3 is 2.76 bits per heavy atom. The molecule has 1 fully saturated rings. The Hall–Kier alpha value is -1.95. The summed E-state index contributed by atoms with van der Waals surface area (Å²) in [5.41, 5.74) is 0.961. The fourth-order valence-corrected chi connectivity index (χ4v) is 3.27. The topological polar surface area (TPSA) is 54.0 Å². The Labute approximate surface area is 151 Å². The van der Waals surface area contributed by atoms with Gasteiger partial charge in [-0.15, -0.1) is 0 Å². The van der Waals surface area contributed by atoms with Crippen molar-refractivity contribution >= 4 is 11.7 Å². The summed E-state index contributed by atoms with van der Waals surface area (Å²) in [4.78, 5) is 16.7. The molecule has 0 spiro atoms. The molecule has 1 aliphatic rings. The average Bonchev–Trinajstić information content (AvgIpc) is 2.59. The molecule has 0 radical (unpaired) electrons. The third kappa shape index (κ3) is 5.01. The van der Waals surface area contributed by atoms with Gasteiger partial charge in [-0.25, -0.2) is 4.79 Å². The molecule has 0 saturated carbocycles. The van der Waals surface area contributed by atoms with Gasteiger partial charge in [-0.1, -0.05) is 6.07 Å². The lowest BCUT2D eigenvalue weighted by Gasteiger charge is -2.48. The van der Waals surface area contributed by atoms with Gasteiger partial charge in [0, 0.05) is 44.5 Å². The van der Waals surface area contributed by atoms with Gasteiger partial charge < -0.3 is 24.6 Å². The first kappa shape index (κ1) is 19.4. The van der Waals surface area contributed by atoms with E-state index in [9.17, 15) is 4.79 Å². The standard InChI is InChI=1S/C19H31N3O3/c1-6-25-15(2)13-20-18(23)21-10-11-22(19(3,4)14-21)16-8-7-9-17(12-16)24-5/h7-9,12,15H,6,10-11,13-14H2,1-5H3,(H,20,23)/t15-/m1/s1. The van der Waals surface area contributed by atoms with Crippen LogP contribution in [0.5, 0.6) is 5.75 Å². The lowest BCUT2D eigenvalue weighted by atomic mass is 9.98. The first-order chi connectivity index (χ1) is 11.9. The van der Waals surface area contributed by atoms with Crippen molar-refractivity contribution in [1.82, 2.24) is 10.2 Å². The molecule has 25 heavy (non-hydrogen) atoms. The van der Waals surface area contributed by atoms with Gasteiger partial charge >= 0.3 is 6.03 Å². The highest BCUT2D eigenvalue weighted by molar-refractivity contribution is 5.75. The summed E-state index contributed by atoms with van der Waals surface area (Å²) in [7, 11) is 1.68. The van der Waals surface area contributed by atoms with Crippen molar-refractivity contribution < 1.29 is 14.3 Å². The van der Waals surface area contributed by atoms with Gasteiger partial charge in [0.05, 0.1) is 18.8 Å². The maximum Gasteiger partial charge on any atom is 0.317 e. The van der Waals surface area contributed by atoms with Gasteiger partial charge in [0.15, 0.2) is 0 Å². The van der Waals surface area contributed by atoms with Crippen molar-refractivity contribution in [3.63, 3.8) is 0 Å². The van der Waals surface area contributed by atoms with E-state index >= 15 is 0 Å². The van der Waals surface area contributed by atoms with E-state index in [1.54, 1.807) is 7.11 Å². The van der Waals surface area contributed by atoms with E-state index in [2.05, 4.69) is 30.1 Å². The van der Waals surface area contributed by atoms with E-state index in [-0.39, 0.29) is 17.7 Å². The minimum absolute atomic E-state index is 0.0232. The smallest absolute Gasteiger partial charge is 0.317 e. The van der Waals surface area contributed by atoms with Crippen LogP contribution in [-0.4, -0.2) is 62.5 Å². The molecule has 1 N–H and O–H groups in total. The largest absolute Gasteiger partial charge is 0.497 e. The van der Waals surface area contributed by atoms with Crippen LogP contribution in [0.2, 0.25) is 0 Å². The van der Waals surface area contributed by atoms with E-state index in [0.717, 1.165) is 18.0 Å². The van der Waals surface area contributed by atoms with Crippen molar-refractivity contribution in [3.8, 4) is 5.75 Å². The van der Waals surface area contributed by atoms with E-state index in [1.807, 2.05) is 36.9 Å². The number of piperazine rings is 1. The van der Waals surface area contributed by atoms with E-state index < -0.39 is 0 Å². The van der Waals surface area contributed by atoms with Crippen LogP contribution in [-0.2, 0) is 4.74 Å². The fourth-order valence-electron chi connectivity index (χ4n) is 3.27. The van der Waals surface area contributed by atoms with Gasteiger partial charge in [-0.05, 0) is 39.8 Å². The zero-order valence-electron chi connectivity index (χ0n) is 16.0. The van der Waals surface area contributed by atoms with Gasteiger partial charge in [0.25, 0.3) is 0 Å². The molecule has 0 bridgehead atoms. The lowest BCUT2D eigenvalue weighted by Crippen LogP contribution is -2.62. The molecule has 1 atom stereocenters. The number of benzene rings is 1. The zero-order chi connectivity index (χ0) is 18.4. The van der Waals surface area contributed by atoms with Crippen molar-refractivity contribution in [1.29, 1.82) is 0 Å². The summed E-state index contributed by atoms with van der Waals surface area (Å²) in [6, 6.07) is 8.05. The number of amides is 2. The number of nitrogens with zero attached hydrogens (tertiary/aromatic N) is 2. The van der Waals surface area contributed by atoms with Crippen molar-refractivity contribution in [2.75, 3.05) is 44.8 Å². The molecule has 1 heterocycles. The molecule has 1 saturated heterocycles. The Morgan fingerprint density at radius 1 is 1.36 bits per heavy atom. The molecule has 1 aromatic carbocycles. The Morgan fingerprint density at radius 2 is 2.12 bits per heavy atom. The van der Waals surface area contributed by atoms with Gasteiger partial charge in [0.2, 0.25) is 0 Å².